The summed E-state index contributed by atoms with van der Waals surface area (Å²) in [4.78, 5) is 54.5. The molecule has 0 bridgehead atoms. The van der Waals surface area contributed by atoms with Gasteiger partial charge in [0.15, 0.2) is 0 Å². The average molecular weight is 665 g/mol. The van der Waals surface area contributed by atoms with Gasteiger partial charge in [0.25, 0.3) is 11.8 Å². The zero-order valence-corrected chi connectivity index (χ0v) is 28.1. The number of nitrogens with zero attached hydrogens (tertiary/aromatic N) is 5. The number of amides is 4. The summed E-state index contributed by atoms with van der Waals surface area (Å²) in [6.07, 6.45) is 12.7. The molecule has 0 radical (unpaired) electrons. The molecule has 0 spiro atoms. The van der Waals surface area contributed by atoms with Gasteiger partial charge in [-0.2, -0.15) is 0 Å². The number of allylic oxidation sites excluding steroid dienone is 2. The molecule has 6 rings (SSSR count). The Morgan fingerprint density at radius 3 is 2.51 bits per heavy atom. The molecule has 11 nitrogen and oxygen atoms in total. The molecule has 0 saturated heterocycles. The number of ether oxygens (including phenoxy) is 1. The Balaban J connectivity index is 1.16. The van der Waals surface area contributed by atoms with Crippen LogP contribution in [0.4, 0.5) is 10.5 Å². The molecule has 1 N–H and O–H groups in total. The maximum absolute atomic E-state index is 14.2. The van der Waals surface area contributed by atoms with Gasteiger partial charge in [0, 0.05) is 49.3 Å². The highest BCUT2D eigenvalue weighted by molar-refractivity contribution is 6.12. The predicted octanol–water partition coefficient (Wildman–Crippen LogP) is 6.20. The number of alkyl carbamates (subject to hydrolysis) is 1. The molecule has 3 aliphatic rings. The third kappa shape index (κ3) is 7.98. The van der Waals surface area contributed by atoms with E-state index in [1.807, 2.05) is 65.0 Å². The van der Waals surface area contributed by atoms with Crippen molar-refractivity contribution in [3.05, 3.63) is 78.4 Å². The lowest BCUT2D eigenvalue weighted by molar-refractivity contribution is -0.137. The van der Waals surface area contributed by atoms with Crippen molar-refractivity contribution in [2.45, 2.75) is 83.9 Å². The number of nitrogens with one attached hydrogen (secondary N) is 1. The van der Waals surface area contributed by atoms with Gasteiger partial charge in [-0.15, -0.1) is 5.10 Å². The van der Waals surface area contributed by atoms with E-state index in [2.05, 4.69) is 27.8 Å². The number of carbonyl (C=O) groups excluding carboxylic acids is 4. The molecule has 0 saturated carbocycles. The van der Waals surface area contributed by atoms with Crippen LogP contribution in [0.1, 0.15) is 70.3 Å². The van der Waals surface area contributed by atoms with Crippen LogP contribution in [0.5, 0.6) is 0 Å². The minimum absolute atomic E-state index is 0.0353. The molecule has 11 heteroatoms. The second-order valence-corrected chi connectivity index (χ2v) is 12.8. The number of aryl methyl sites for hydroxylation is 1. The fourth-order valence-electron chi connectivity index (χ4n) is 6.93. The molecule has 3 heterocycles. The van der Waals surface area contributed by atoms with E-state index >= 15 is 0 Å². The van der Waals surface area contributed by atoms with Crippen molar-refractivity contribution in [3.8, 4) is 22.5 Å². The Bertz CT molecular complexity index is 1730. The van der Waals surface area contributed by atoms with Crippen molar-refractivity contribution in [1.29, 1.82) is 0 Å². The van der Waals surface area contributed by atoms with E-state index in [1.165, 1.54) is 17.1 Å². The first-order valence-corrected chi connectivity index (χ1v) is 17.5. The molecule has 49 heavy (non-hydrogen) atoms. The zero-order valence-electron chi connectivity index (χ0n) is 28.1. The van der Waals surface area contributed by atoms with Crippen molar-refractivity contribution >= 4 is 29.5 Å². The highest BCUT2D eigenvalue weighted by atomic mass is 16.6. The first-order chi connectivity index (χ1) is 23.9. The van der Waals surface area contributed by atoms with Crippen LogP contribution >= 0.6 is 0 Å². The Morgan fingerprint density at radius 1 is 0.939 bits per heavy atom. The Kier molecular flexibility index (Phi) is 11.0. The number of fused-ring (bicyclic) bond motifs is 5. The number of hydrogen-bond acceptors (Lipinski definition) is 7. The molecule has 256 valence electrons. The van der Waals surface area contributed by atoms with Crippen LogP contribution in [0.15, 0.2) is 72.8 Å². The molecule has 0 fully saturated rings. The molecule has 1 aromatic heterocycles. The molecule has 2 aliphatic heterocycles. The van der Waals surface area contributed by atoms with Crippen molar-refractivity contribution in [2.75, 3.05) is 18.0 Å². The lowest BCUT2D eigenvalue weighted by Gasteiger charge is -2.29. The summed E-state index contributed by atoms with van der Waals surface area (Å²) in [7, 11) is 0. The number of rotatable bonds is 11. The number of imide groups is 1. The summed E-state index contributed by atoms with van der Waals surface area (Å²) in [6, 6.07) is 15.9. The lowest BCUT2D eigenvalue weighted by Crippen LogP contribution is -2.34. The number of carbonyl (C=O) groups is 4. The van der Waals surface area contributed by atoms with E-state index in [9.17, 15) is 19.2 Å². The lowest BCUT2D eigenvalue weighted by atomic mass is 9.93. The van der Waals surface area contributed by atoms with Gasteiger partial charge >= 0.3 is 6.09 Å². The third-order valence-electron chi connectivity index (χ3n) is 9.63. The fraction of sp³-hybridized carbons (Fsp3) is 0.421. The first kappa shape index (κ1) is 33.8. The van der Waals surface area contributed by atoms with E-state index in [-0.39, 0.29) is 42.7 Å². The molecule has 4 amide bonds. The summed E-state index contributed by atoms with van der Waals surface area (Å²) in [5.74, 6) is -0.725. The molecule has 3 aromatic rings. The smallest absolute Gasteiger partial charge is 0.407 e. The van der Waals surface area contributed by atoms with Crippen LogP contribution in [0, 0.1) is 5.92 Å². The summed E-state index contributed by atoms with van der Waals surface area (Å²) in [6.45, 7) is 3.64. The van der Waals surface area contributed by atoms with Crippen molar-refractivity contribution in [3.63, 3.8) is 0 Å². The summed E-state index contributed by atoms with van der Waals surface area (Å²) in [5, 5.41) is 11.9. The highest BCUT2D eigenvalue weighted by Gasteiger charge is 2.30. The molecule has 2 aromatic carbocycles. The van der Waals surface area contributed by atoms with Crippen LogP contribution in [0.3, 0.4) is 0 Å². The summed E-state index contributed by atoms with van der Waals surface area (Å²) in [5.41, 5.74) is 5.30. The number of benzene rings is 2. The van der Waals surface area contributed by atoms with Gasteiger partial charge in [0.2, 0.25) is 5.91 Å². The van der Waals surface area contributed by atoms with E-state index in [4.69, 9.17) is 4.74 Å². The second-order valence-electron chi connectivity index (χ2n) is 12.8. The minimum atomic E-state index is -0.436. The fourth-order valence-corrected chi connectivity index (χ4v) is 6.93. The Labute approximate surface area is 287 Å². The van der Waals surface area contributed by atoms with E-state index in [1.54, 1.807) is 0 Å². The van der Waals surface area contributed by atoms with Crippen molar-refractivity contribution < 1.29 is 23.9 Å². The van der Waals surface area contributed by atoms with E-state index < -0.39 is 6.09 Å². The standard InChI is InChI=1S/C38H44N6O5/c1-2-44-37-31-16-10-11-17-32(31)43(26-28-12-8-9-15-30(28)36(37)40-41-44)35(47)19-18-27(23-25-42-33(45)20-21-34(42)46)22-24-39-38(48)49-29-13-6-4-3-5-7-14-29/h3-4,8-12,15-17,20-21,27,29H,2,5-7,13-14,18-19,22-26H2,1H3,(H,39,48)/b4-3+/t27-,29-/m0/s1. The van der Waals surface area contributed by atoms with Gasteiger partial charge in [-0.3, -0.25) is 19.3 Å². The summed E-state index contributed by atoms with van der Waals surface area (Å²) < 4.78 is 7.59. The van der Waals surface area contributed by atoms with Gasteiger partial charge in [0.1, 0.15) is 11.8 Å². The molecule has 2 atom stereocenters. The number of hydrogen-bond donors (Lipinski definition) is 1. The van der Waals surface area contributed by atoms with Gasteiger partial charge in [-0.25, -0.2) is 9.48 Å². The molecular formula is C38H44N6O5. The van der Waals surface area contributed by atoms with Crippen molar-refractivity contribution in [2.24, 2.45) is 5.92 Å². The molecule has 1 aliphatic carbocycles. The van der Waals surface area contributed by atoms with Gasteiger partial charge < -0.3 is 15.0 Å². The second kappa shape index (κ2) is 15.9. The molecular weight excluding hydrogens is 620 g/mol. The zero-order chi connectivity index (χ0) is 34.2. The van der Waals surface area contributed by atoms with Gasteiger partial charge in [-0.05, 0) is 75.8 Å². The SMILES string of the molecule is CCn1nnc2c1-c1ccccc1N(C(=O)CC[C@@H](CCNC(=O)O[C@H]1CC/C=C/CCC1)CCN1C(=O)C=CC1=O)Cc1ccccc1-2. The average Bonchev–Trinajstić information content (AvgIpc) is 3.66. The maximum atomic E-state index is 14.2. The van der Waals surface area contributed by atoms with Crippen LogP contribution in [-0.4, -0.2) is 62.9 Å². The maximum Gasteiger partial charge on any atom is 0.407 e. The van der Waals surface area contributed by atoms with Crippen LogP contribution in [-0.2, 0) is 32.2 Å². The normalized spacial score (nSPS) is 18.3. The van der Waals surface area contributed by atoms with Crippen LogP contribution in [0.25, 0.3) is 22.5 Å². The van der Waals surface area contributed by atoms with Crippen molar-refractivity contribution in [1.82, 2.24) is 25.2 Å². The Hall–Kier alpha value is -5.06. The van der Waals surface area contributed by atoms with Crippen LogP contribution < -0.4 is 10.2 Å². The number of para-hydroxylation sites is 1. The van der Waals surface area contributed by atoms with Gasteiger partial charge in [0.05, 0.1) is 17.9 Å². The van der Waals surface area contributed by atoms with E-state index in [0.29, 0.717) is 38.9 Å². The van der Waals surface area contributed by atoms with Gasteiger partial charge in [-0.1, -0.05) is 59.8 Å². The van der Waals surface area contributed by atoms with E-state index in [0.717, 1.165) is 65.9 Å². The molecule has 0 unspecified atom stereocenters. The number of anilines is 1. The highest BCUT2D eigenvalue weighted by Crippen LogP contribution is 2.41. The number of aromatic nitrogens is 3. The Morgan fingerprint density at radius 2 is 1.69 bits per heavy atom. The third-order valence-corrected chi connectivity index (χ3v) is 9.63. The minimum Gasteiger partial charge on any atom is -0.446 e. The monoisotopic (exact) mass is 664 g/mol. The topological polar surface area (TPSA) is 127 Å². The predicted molar refractivity (Wildman–Crippen MR) is 186 cm³/mol. The quantitative estimate of drug-likeness (QED) is 0.191. The first-order valence-electron chi connectivity index (χ1n) is 17.5. The largest absolute Gasteiger partial charge is 0.446 e. The summed E-state index contributed by atoms with van der Waals surface area (Å²) >= 11 is 0. The van der Waals surface area contributed by atoms with Crippen LogP contribution in [0.2, 0.25) is 0 Å².